The summed E-state index contributed by atoms with van der Waals surface area (Å²) < 4.78 is 5.57. The van der Waals surface area contributed by atoms with Crippen LogP contribution in [0.15, 0.2) is 146 Å². The highest BCUT2D eigenvalue weighted by Crippen LogP contribution is 2.26. The highest BCUT2D eigenvalue weighted by Gasteiger charge is 2.20. The van der Waals surface area contributed by atoms with Gasteiger partial charge in [0, 0.05) is 0 Å². The number of hydrogen-bond acceptors (Lipinski definition) is 6. The molecule has 0 saturated heterocycles. The maximum absolute atomic E-state index is 13.1. The number of aromatic carboxylic acids is 2. The highest BCUT2D eigenvalue weighted by molar-refractivity contribution is 6.03. The monoisotopic (exact) mass is 664 g/mol. The Kier molecular flexibility index (Phi) is 10.4. The molecule has 50 heavy (non-hydrogen) atoms. The van der Waals surface area contributed by atoms with Crippen LogP contribution < -0.4 is 9.62 Å². The summed E-state index contributed by atoms with van der Waals surface area (Å²) in [6.45, 7) is -0.0581. The van der Waals surface area contributed by atoms with Gasteiger partial charge < -0.3 is 19.8 Å². The molecule has 0 atom stereocenters. The summed E-state index contributed by atoms with van der Waals surface area (Å²) >= 11 is 0. The van der Waals surface area contributed by atoms with Crippen LogP contribution in [0.1, 0.15) is 58.9 Å². The van der Waals surface area contributed by atoms with Gasteiger partial charge in [-0.25, -0.2) is 14.4 Å². The molecule has 0 spiro atoms. The number of esters is 1. The average molecular weight is 665 g/mol. The molecule has 0 aliphatic rings. The Labute approximate surface area is 288 Å². The van der Waals surface area contributed by atoms with Crippen LogP contribution in [0.4, 0.5) is 0 Å². The van der Waals surface area contributed by atoms with Gasteiger partial charge in [0.1, 0.15) is 12.4 Å². The molecule has 0 aliphatic carbocycles. The van der Waals surface area contributed by atoms with Crippen molar-refractivity contribution in [1.82, 2.24) is 0 Å². The van der Waals surface area contributed by atoms with Gasteiger partial charge in [-0.3, -0.25) is 0 Å². The molecule has 6 aromatic rings. The third-order valence-corrected chi connectivity index (χ3v) is 8.06. The third kappa shape index (κ3) is 8.49. The van der Waals surface area contributed by atoms with Crippen molar-refractivity contribution in [3.05, 3.63) is 190 Å². The number of carboxylic acids is 2. The van der Waals surface area contributed by atoms with Gasteiger partial charge in [-0.2, -0.15) is 4.89 Å². The second-order valence-electron chi connectivity index (χ2n) is 11.6. The van der Waals surface area contributed by atoms with Gasteiger partial charge in [0.05, 0.1) is 16.7 Å². The number of ether oxygens (including phenoxy) is 1. The van der Waals surface area contributed by atoms with Crippen molar-refractivity contribution in [3.63, 3.8) is 0 Å². The van der Waals surface area contributed by atoms with E-state index in [-0.39, 0.29) is 29.0 Å². The lowest BCUT2D eigenvalue weighted by Gasteiger charge is -2.11. The van der Waals surface area contributed by atoms with Crippen molar-refractivity contribution in [2.45, 2.75) is 19.4 Å². The van der Waals surface area contributed by atoms with E-state index in [9.17, 15) is 24.6 Å². The molecule has 0 heterocycles. The quantitative estimate of drug-likeness (QED) is 0.0545. The summed E-state index contributed by atoms with van der Waals surface area (Å²) in [6, 6.07) is 43.5. The van der Waals surface area contributed by atoms with Crippen molar-refractivity contribution in [2.24, 2.45) is 0 Å². The van der Waals surface area contributed by atoms with Crippen molar-refractivity contribution in [2.75, 3.05) is 0 Å². The second-order valence-corrected chi connectivity index (χ2v) is 11.6. The largest absolute Gasteiger partial charge is 0.478 e. The summed E-state index contributed by atoms with van der Waals surface area (Å²) in [7, 11) is 0. The Bertz CT molecular complexity index is 2110. The molecule has 0 unspecified atom stereocenters. The van der Waals surface area contributed by atoms with E-state index in [0.29, 0.717) is 24.2 Å². The normalized spacial score (nSPS) is 10.7. The fourth-order valence-corrected chi connectivity index (χ4v) is 5.55. The molecule has 8 nitrogen and oxygen atoms in total. The summed E-state index contributed by atoms with van der Waals surface area (Å²) in [6.07, 6.45) is 1.20. The Balaban J connectivity index is 1.07. The number of benzene rings is 6. The van der Waals surface area contributed by atoms with Crippen LogP contribution in [-0.2, 0) is 24.3 Å². The number of carbonyl (C=O) groups excluding carboxylic acids is 1. The van der Waals surface area contributed by atoms with E-state index >= 15 is 0 Å². The number of carboxylic acid groups (broad SMARTS) is 2. The lowest BCUT2D eigenvalue weighted by molar-refractivity contribution is -0.217. The molecule has 2 N–H and O–H groups in total. The maximum Gasteiger partial charge on any atom is 0.344 e. The topological polar surface area (TPSA) is 119 Å². The summed E-state index contributed by atoms with van der Waals surface area (Å²) in [4.78, 5) is 47.7. The molecule has 0 radical (unpaired) electrons. The molecule has 6 rings (SSSR count). The van der Waals surface area contributed by atoms with E-state index in [1.54, 1.807) is 60.7 Å². The first-order valence-electron chi connectivity index (χ1n) is 15.8. The number of carbonyl (C=O) groups is 3. The van der Waals surface area contributed by atoms with Crippen LogP contribution in [0, 0.1) is 0 Å². The predicted octanol–water partition coefficient (Wildman–Crippen LogP) is 8.66. The molecular formula is C42H32O8. The van der Waals surface area contributed by atoms with Crippen molar-refractivity contribution < 1.29 is 39.1 Å². The first-order chi connectivity index (χ1) is 24.3. The molecule has 8 heteroatoms. The van der Waals surface area contributed by atoms with Crippen LogP contribution in [0.3, 0.4) is 0 Å². The average Bonchev–Trinajstić information content (AvgIpc) is 3.13. The Morgan fingerprint density at radius 2 is 0.980 bits per heavy atom. The molecule has 6 aromatic carbocycles. The second kappa shape index (κ2) is 15.6. The van der Waals surface area contributed by atoms with E-state index in [0.717, 1.165) is 33.4 Å². The molecule has 0 amide bonds. The van der Waals surface area contributed by atoms with Crippen LogP contribution in [0.25, 0.3) is 11.1 Å². The molecule has 0 bridgehead atoms. The molecule has 0 fully saturated rings. The van der Waals surface area contributed by atoms with Gasteiger partial charge in [0.25, 0.3) is 0 Å². The van der Waals surface area contributed by atoms with Crippen LogP contribution in [-0.4, -0.2) is 28.1 Å². The van der Waals surface area contributed by atoms with Gasteiger partial charge in [-0.1, -0.05) is 103 Å². The van der Waals surface area contributed by atoms with Crippen molar-refractivity contribution in [1.29, 1.82) is 0 Å². The maximum atomic E-state index is 13.1. The van der Waals surface area contributed by atoms with Gasteiger partial charge >= 0.3 is 17.9 Å². The van der Waals surface area contributed by atoms with Gasteiger partial charge in [-0.05, 0) is 94.3 Å². The van der Waals surface area contributed by atoms with Gasteiger partial charge in [0.2, 0.25) is 0 Å². The van der Waals surface area contributed by atoms with Gasteiger partial charge in [-0.15, -0.1) is 0 Å². The fraction of sp³-hybridized carbons (Fsp3) is 0.0714. The molecule has 248 valence electrons. The minimum atomic E-state index is -1.21. The number of hydrogen-bond donors (Lipinski definition) is 2. The highest BCUT2D eigenvalue weighted by atomic mass is 17.2. The zero-order valence-electron chi connectivity index (χ0n) is 26.8. The van der Waals surface area contributed by atoms with Crippen LogP contribution in [0.2, 0.25) is 0 Å². The van der Waals surface area contributed by atoms with E-state index < -0.39 is 17.9 Å². The standard InChI is InChI=1S/C42H32O8/c43-40(44)37-21-11-30(23-28-7-3-1-4-8-28)25-34(37)27-48-50-36-19-15-33(16-20-36)32-13-17-35(18-14-32)49-42(47)39-26-31(12-22-38(39)41(45)46)24-29-9-5-2-6-10-29/h1-22,25-26H,23-24,27H2,(H,43,44)(H,45,46). The minimum Gasteiger partial charge on any atom is -0.478 e. The third-order valence-electron chi connectivity index (χ3n) is 8.06. The molecule has 0 aliphatic heterocycles. The summed E-state index contributed by atoms with van der Waals surface area (Å²) in [5.74, 6) is -2.32. The van der Waals surface area contributed by atoms with E-state index in [2.05, 4.69) is 0 Å². The molecular weight excluding hydrogens is 632 g/mol. The molecule has 0 aromatic heterocycles. The SMILES string of the molecule is O=C(O)c1ccc(Cc2ccccc2)cc1COOc1ccc(-c2ccc(OC(=O)c3cc(Cc4ccccc4)ccc3C(=O)O)cc2)cc1. The Morgan fingerprint density at radius 1 is 0.480 bits per heavy atom. The zero-order valence-corrected chi connectivity index (χ0v) is 26.8. The van der Waals surface area contributed by atoms with Gasteiger partial charge in [0.15, 0.2) is 5.75 Å². The predicted molar refractivity (Wildman–Crippen MR) is 188 cm³/mol. The summed E-state index contributed by atoms with van der Waals surface area (Å²) in [5, 5.41) is 19.3. The first-order valence-corrected chi connectivity index (χ1v) is 15.8. The van der Waals surface area contributed by atoms with Crippen LogP contribution in [0.5, 0.6) is 11.5 Å². The Morgan fingerprint density at radius 3 is 1.52 bits per heavy atom. The zero-order chi connectivity index (χ0) is 34.9. The lowest BCUT2D eigenvalue weighted by Crippen LogP contribution is -2.14. The minimum absolute atomic E-state index is 0.0214. The first kappa shape index (κ1) is 33.4. The van der Waals surface area contributed by atoms with E-state index in [4.69, 9.17) is 14.5 Å². The molecule has 0 saturated carbocycles. The lowest BCUT2D eigenvalue weighted by atomic mass is 9.99. The summed E-state index contributed by atoms with van der Waals surface area (Å²) in [5.41, 5.74) is 6.10. The van der Waals surface area contributed by atoms with Crippen molar-refractivity contribution in [3.8, 4) is 22.6 Å². The Hall–Kier alpha value is -6.51. The number of rotatable bonds is 13. The van der Waals surface area contributed by atoms with Crippen LogP contribution >= 0.6 is 0 Å². The van der Waals surface area contributed by atoms with E-state index in [1.807, 2.05) is 78.9 Å². The van der Waals surface area contributed by atoms with Crippen molar-refractivity contribution >= 4 is 17.9 Å². The fourth-order valence-electron chi connectivity index (χ4n) is 5.55. The smallest absolute Gasteiger partial charge is 0.344 e. The van der Waals surface area contributed by atoms with E-state index in [1.165, 1.54) is 6.07 Å².